The van der Waals surface area contributed by atoms with E-state index >= 15 is 0 Å². The largest absolute Gasteiger partial charge is 0.352 e. The molecule has 0 aliphatic heterocycles. The number of hydrogen-bond donors (Lipinski definition) is 1. The van der Waals surface area contributed by atoms with Crippen LogP contribution >= 0.6 is 0 Å². The van der Waals surface area contributed by atoms with Crippen molar-refractivity contribution in [2.24, 2.45) is 0 Å². The summed E-state index contributed by atoms with van der Waals surface area (Å²) in [4.78, 5) is 28.6. The van der Waals surface area contributed by atoms with E-state index < -0.39 is 16.1 Å². The third-order valence-corrected chi connectivity index (χ3v) is 8.17. The van der Waals surface area contributed by atoms with Crippen molar-refractivity contribution in [3.63, 3.8) is 0 Å². The molecule has 1 atom stereocenters. The highest BCUT2D eigenvalue weighted by Gasteiger charge is 2.32. The van der Waals surface area contributed by atoms with Gasteiger partial charge in [0.1, 0.15) is 12.6 Å². The van der Waals surface area contributed by atoms with Gasteiger partial charge in [-0.3, -0.25) is 13.9 Å². The van der Waals surface area contributed by atoms with Gasteiger partial charge >= 0.3 is 0 Å². The Kier molecular flexibility index (Phi) is 9.54. The van der Waals surface area contributed by atoms with Gasteiger partial charge in [0.05, 0.1) is 11.9 Å². The number of nitrogens with zero attached hydrogens (tertiary/aromatic N) is 2. The minimum Gasteiger partial charge on any atom is -0.352 e. The lowest BCUT2D eigenvalue weighted by molar-refractivity contribution is -0.139. The maximum absolute atomic E-state index is 13.7. The smallest absolute Gasteiger partial charge is 0.244 e. The second-order valence-corrected chi connectivity index (χ2v) is 11.7. The Hall–Kier alpha value is -2.87. The molecule has 0 bridgehead atoms. The minimum absolute atomic E-state index is 0.140. The van der Waals surface area contributed by atoms with Crippen LogP contribution in [0.2, 0.25) is 0 Å². The molecule has 1 fully saturated rings. The quantitative estimate of drug-likeness (QED) is 0.492. The Balaban J connectivity index is 1.87. The standard InChI is InChI=1S/C28H39N3O4S/c1-5-26(28(33)29-24-13-9-10-14-24)30(18-17-23-11-7-6-8-12-23)27(32)20-31(36(4,34)35)25-16-15-21(2)22(3)19-25/h6-8,11-12,15-16,19,24,26H,5,9-10,13-14,17-18,20H2,1-4H3,(H,29,33)/t26-/m1/s1. The first-order valence-electron chi connectivity index (χ1n) is 12.8. The number of nitrogens with one attached hydrogen (secondary N) is 1. The van der Waals surface area contributed by atoms with Crippen molar-refractivity contribution >= 4 is 27.5 Å². The Morgan fingerprint density at radius 1 is 1.03 bits per heavy atom. The molecule has 0 unspecified atom stereocenters. The normalized spacial score (nSPS) is 14.9. The molecule has 8 heteroatoms. The third kappa shape index (κ3) is 7.32. The highest BCUT2D eigenvalue weighted by atomic mass is 32.2. The van der Waals surface area contributed by atoms with Crippen molar-refractivity contribution in [3.8, 4) is 0 Å². The first-order valence-corrected chi connectivity index (χ1v) is 14.6. The molecule has 1 aliphatic carbocycles. The molecule has 196 valence electrons. The van der Waals surface area contributed by atoms with Crippen LogP contribution in [-0.4, -0.2) is 56.6 Å². The highest BCUT2D eigenvalue weighted by molar-refractivity contribution is 7.92. The van der Waals surface area contributed by atoms with E-state index in [-0.39, 0.29) is 24.4 Å². The Bertz CT molecular complexity index is 1140. The van der Waals surface area contributed by atoms with Gasteiger partial charge in [0.2, 0.25) is 21.8 Å². The third-order valence-electron chi connectivity index (χ3n) is 7.03. The van der Waals surface area contributed by atoms with Crippen molar-refractivity contribution in [1.82, 2.24) is 10.2 Å². The summed E-state index contributed by atoms with van der Waals surface area (Å²) in [5.41, 5.74) is 3.48. The van der Waals surface area contributed by atoms with E-state index in [2.05, 4.69) is 5.32 Å². The van der Waals surface area contributed by atoms with Crippen LogP contribution in [0.4, 0.5) is 5.69 Å². The molecule has 1 aliphatic rings. The Morgan fingerprint density at radius 2 is 1.69 bits per heavy atom. The molecular formula is C28H39N3O4S. The summed E-state index contributed by atoms with van der Waals surface area (Å²) in [5.74, 6) is -0.550. The fraction of sp³-hybridized carbons (Fsp3) is 0.500. The fourth-order valence-electron chi connectivity index (χ4n) is 4.76. The van der Waals surface area contributed by atoms with E-state index in [4.69, 9.17) is 0 Å². The van der Waals surface area contributed by atoms with Gasteiger partial charge in [0, 0.05) is 12.6 Å². The summed E-state index contributed by atoms with van der Waals surface area (Å²) < 4.78 is 26.6. The topological polar surface area (TPSA) is 86.8 Å². The number of carbonyl (C=O) groups is 2. The number of anilines is 1. The van der Waals surface area contributed by atoms with E-state index in [0.717, 1.165) is 52.9 Å². The summed E-state index contributed by atoms with van der Waals surface area (Å²) in [6, 6.07) is 14.6. The lowest BCUT2D eigenvalue weighted by Crippen LogP contribution is -2.54. The molecule has 0 spiro atoms. The van der Waals surface area contributed by atoms with Crippen molar-refractivity contribution in [2.45, 2.75) is 71.4 Å². The zero-order chi connectivity index (χ0) is 26.3. The maximum Gasteiger partial charge on any atom is 0.244 e. The van der Waals surface area contributed by atoms with Gasteiger partial charge in [-0.1, -0.05) is 56.2 Å². The van der Waals surface area contributed by atoms with E-state index in [0.29, 0.717) is 25.1 Å². The average Bonchev–Trinajstić information content (AvgIpc) is 3.34. The number of sulfonamides is 1. The Labute approximate surface area is 215 Å². The molecule has 7 nitrogen and oxygen atoms in total. The average molecular weight is 514 g/mol. The molecule has 0 heterocycles. The van der Waals surface area contributed by atoms with Gasteiger partial charge < -0.3 is 10.2 Å². The number of hydrogen-bond acceptors (Lipinski definition) is 4. The van der Waals surface area contributed by atoms with Crippen LogP contribution in [0.3, 0.4) is 0 Å². The van der Waals surface area contributed by atoms with Crippen LogP contribution in [0.15, 0.2) is 48.5 Å². The first-order chi connectivity index (χ1) is 17.1. The monoisotopic (exact) mass is 513 g/mol. The number of aryl methyl sites for hydroxylation is 2. The Morgan fingerprint density at radius 3 is 2.28 bits per heavy atom. The van der Waals surface area contributed by atoms with Crippen LogP contribution in [0.5, 0.6) is 0 Å². The predicted molar refractivity (Wildman–Crippen MR) is 144 cm³/mol. The minimum atomic E-state index is -3.73. The lowest BCUT2D eigenvalue weighted by Gasteiger charge is -2.33. The van der Waals surface area contributed by atoms with Crippen LogP contribution in [0.1, 0.15) is 55.7 Å². The van der Waals surface area contributed by atoms with E-state index in [1.807, 2.05) is 57.2 Å². The predicted octanol–water partition coefficient (Wildman–Crippen LogP) is 3.98. The zero-order valence-corrected chi connectivity index (χ0v) is 22.7. The molecule has 1 saturated carbocycles. The van der Waals surface area contributed by atoms with Crippen LogP contribution in [0, 0.1) is 13.8 Å². The van der Waals surface area contributed by atoms with Gasteiger partial charge in [0.25, 0.3) is 0 Å². The summed E-state index contributed by atoms with van der Waals surface area (Å²) in [5, 5.41) is 3.13. The van der Waals surface area contributed by atoms with Crippen molar-refractivity contribution < 1.29 is 18.0 Å². The van der Waals surface area contributed by atoms with Crippen molar-refractivity contribution in [2.75, 3.05) is 23.7 Å². The van der Waals surface area contributed by atoms with Crippen molar-refractivity contribution in [1.29, 1.82) is 0 Å². The fourth-order valence-corrected chi connectivity index (χ4v) is 5.60. The lowest BCUT2D eigenvalue weighted by atomic mass is 10.1. The number of benzene rings is 2. The number of amides is 2. The molecule has 0 saturated heterocycles. The SMILES string of the molecule is CC[C@H](C(=O)NC1CCCC1)N(CCc1ccccc1)C(=O)CN(c1ccc(C)c(C)c1)S(C)(=O)=O. The summed E-state index contributed by atoms with van der Waals surface area (Å²) >= 11 is 0. The summed E-state index contributed by atoms with van der Waals surface area (Å²) in [6.07, 6.45) is 6.22. The highest BCUT2D eigenvalue weighted by Crippen LogP contribution is 2.23. The summed E-state index contributed by atoms with van der Waals surface area (Å²) in [7, 11) is -3.73. The summed E-state index contributed by atoms with van der Waals surface area (Å²) in [6.45, 7) is 5.72. The first kappa shape index (κ1) is 27.7. The van der Waals surface area contributed by atoms with Gasteiger partial charge in [-0.25, -0.2) is 8.42 Å². The van der Waals surface area contributed by atoms with E-state index in [1.165, 1.54) is 0 Å². The molecule has 0 radical (unpaired) electrons. The van der Waals surface area contributed by atoms with E-state index in [1.54, 1.807) is 17.0 Å². The van der Waals surface area contributed by atoms with Crippen LogP contribution in [0.25, 0.3) is 0 Å². The van der Waals surface area contributed by atoms with Gasteiger partial charge in [-0.15, -0.1) is 0 Å². The van der Waals surface area contributed by atoms with Crippen LogP contribution in [-0.2, 0) is 26.0 Å². The molecule has 3 rings (SSSR count). The molecule has 36 heavy (non-hydrogen) atoms. The van der Waals surface area contributed by atoms with Crippen LogP contribution < -0.4 is 9.62 Å². The maximum atomic E-state index is 13.7. The van der Waals surface area contributed by atoms with Crippen molar-refractivity contribution in [3.05, 3.63) is 65.2 Å². The van der Waals surface area contributed by atoms with Gasteiger partial charge in [0.15, 0.2) is 0 Å². The molecule has 2 aromatic rings. The van der Waals surface area contributed by atoms with E-state index in [9.17, 15) is 18.0 Å². The van der Waals surface area contributed by atoms with Gasteiger partial charge in [-0.2, -0.15) is 0 Å². The molecule has 2 aromatic carbocycles. The second kappa shape index (κ2) is 12.4. The number of rotatable bonds is 11. The molecule has 2 amide bonds. The van der Waals surface area contributed by atoms with Gasteiger partial charge in [-0.05, 0) is 68.4 Å². The molecular weight excluding hydrogens is 474 g/mol. The second-order valence-electron chi connectivity index (χ2n) is 9.77. The number of carbonyl (C=O) groups excluding carboxylic acids is 2. The molecule has 0 aromatic heterocycles. The zero-order valence-electron chi connectivity index (χ0n) is 21.9. The molecule has 1 N–H and O–H groups in total.